The molecule has 0 amide bonds. The van der Waals surface area contributed by atoms with E-state index in [0.717, 1.165) is 0 Å². The van der Waals surface area contributed by atoms with Crippen molar-refractivity contribution in [1.29, 1.82) is 0 Å². The normalized spacial score (nSPS) is 29.5. The molecule has 11 heavy (non-hydrogen) atoms. The molecule has 0 aromatic carbocycles. The molecule has 2 unspecified atom stereocenters. The molecule has 1 N–H and O–H groups in total. The van der Waals surface area contributed by atoms with Gasteiger partial charge in [0.15, 0.2) is 0 Å². The number of rotatable bonds is 3. The minimum absolute atomic E-state index is 0. The standard InChI is InChI=1S/C4H7BF4N.K/c6-3-1-4(3)10-2-5(7,8)9;/h3-4,10H,1-2H2;/q-1;+1. The van der Waals surface area contributed by atoms with Crippen LogP contribution in [0.25, 0.3) is 0 Å². The van der Waals surface area contributed by atoms with Crippen LogP contribution in [0.2, 0.25) is 0 Å². The Labute approximate surface area is 105 Å². The fourth-order valence-electron chi connectivity index (χ4n) is 0.660. The Kier molecular flexibility index (Phi) is 5.14. The van der Waals surface area contributed by atoms with Crippen molar-refractivity contribution in [3.05, 3.63) is 0 Å². The Morgan fingerprint density at radius 3 is 2.09 bits per heavy atom. The van der Waals surface area contributed by atoms with Crippen molar-refractivity contribution in [2.75, 3.05) is 6.44 Å². The van der Waals surface area contributed by atoms with Crippen LogP contribution >= 0.6 is 0 Å². The van der Waals surface area contributed by atoms with E-state index < -0.39 is 25.6 Å². The molecule has 60 valence electrons. The first kappa shape index (κ1) is 12.4. The van der Waals surface area contributed by atoms with Crippen LogP contribution in [0, 0.1) is 0 Å². The van der Waals surface area contributed by atoms with E-state index in [9.17, 15) is 17.3 Å². The van der Waals surface area contributed by atoms with E-state index in [1.807, 2.05) is 0 Å². The van der Waals surface area contributed by atoms with E-state index in [1.165, 1.54) is 0 Å². The van der Waals surface area contributed by atoms with Crippen LogP contribution in [0.1, 0.15) is 6.42 Å². The first-order valence-corrected chi connectivity index (χ1v) is 3.07. The first-order valence-electron chi connectivity index (χ1n) is 3.07. The molecule has 0 radical (unpaired) electrons. The molecule has 1 saturated carbocycles. The molecule has 0 spiro atoms. The van der Waals surface area contributed by atoms with Crippen LogP contribution < -0.4 is 56.7 Å². The van der Waals surface area contributed by atoms with Crippen molar-refractivity contribution in [2.24, 2.45) is 0 Å². The smallest absolute Gasteiger partial charge is 0.448 e. The molecule has 1 nitrogen and oxygen atoms in total. The molecule has 0 aliphatic heterocycles. The molecule has 1 aliphatic rings. The molecule has 1 fully saturated rings. The average molecular weight is 195 g/mol. The molecular weight excluding hydrogens is 188 g/mol. The third kappa shape index (κ3) is 5.59. The van der Waals surface area contributed by atoms with Crippen molar-refractivity contribution in [2.45, 2.75) is 18.6 Å². The van der Waals surface area contributed by atoms with Crippen molar-refractivity contribution in [1.82, 2.24) is 5.32 Å². The monoisotopic (exact) mass is 195 g/mol. The summed E-state index contributed by atoms with van der Waals surface area (Å²) in [7, 11) is 0. The Morgan fingerprint density at radius 1 is 1.36 bits per heavy atom. The second-order valence-corrected chi connectivity index (χ2v) is 2.48. The Hall–Kier alpha value is 1.38. The molecule has 0 aromatic rings. The molecule has 7 heteroatoms. The van der Waals surface area contributed by atoms with Crippen LogP contribution in [-0.2, 0) is 0 Å². The number of halogens is 4. The van der Waals surface area contributed by atoms with Gasteiger partial charge in [-0.15, -0.1) is 0 Å². The zero-order chi connectivity index (χ0) is 7.78. The summed E-state index contributed by atoms with van der Waals surface area (Å²) in [5.41, 5.74) is 0. The second kappa shape index (κ2) is 4.57. The molecular formula is C4H7BF4KN. The predicted molar refractivity (Wildman–Crippen MR) is 30.4 cm³/mol. The van der Waals surface area contributed by atoms with E-state index in [4.69, 9.17) is 0 Å². The van der Waals surface area contributed by atoms with E-state index >= 15 is 0 Å². The molecule has 1 aliphatic carbocycles. The minimum Gasteiger partial charge on any atom is -0.448 e. The van der Waals surface area contributed by atoms with Gasteiger partial charge in [0, 0.05) is 6.04 Å². The van der Waals surface area contributed by atoms with Gasteiger partial charge in [0.25, 0.3) is 0 Å². The first-order chi connectivity index (χ1) is 4.49. The third-order valence-electron chi connectivity index (χ3n) is 1.32. The van der Waals surface area contributed by atoms with Gasteiger partial charge >= 0.3 is 58.4 Å². The fraction of sp³-hybridized carbons (Fsp3) is 1.00. The molecule has 2 atom stereocenters. The van der Waals surface area contributed by atoms with E-state index in [0.29, 0.717) is 0 Å². The molecule has 0 saturated heterocycles. The van der Waals surface area contributed by atoms with Gasteiger partial charge in [-0.1, -0.05) is 0 Å². The van der Waals surface area contributed by atoms with Gasteiger partial charge in [-0.25, -0.2) is 4.39 Å². The molecule has 0 heterocycles. The number of hydrogen-bond donors (Lipinski definition) is 1. The molecule has 0 aromatic heterocycles. The maximum Gasteiger partial charge on any atom is 1.00 e. The summed E-state index contributed by atoms with van der Waals surface area (Å²) >= 11 is 0. The largest absolute Gasteiger partial charge is 1.00 e. The molecule has 1 rings (SSSR count). The number of alkyl halides is 1. The predicted octanol–water partition coefficient (Wildman–Crippen LogP) is -1.92. The zero-order valence-electron chi connectivity index (χ0n) is 6.16. The number of hydrogen-bond acceptors (Lipinski definition) is 1. The quantitative estimate of drug-likeness (QED) is 0.408. The summed E-state index contributed by atoms with van der Waals surface area (Å²) < 4.78 is 46.3. The Morgan fingerprint density at radius 2 is 1.82 bits per heavy atom. The fourth-order valence-corrected chi connectivity index (χ4v) is 0.660. The summed E-state index contributed by atoms with van der Waals surface area (Å²) in [6.45, 7) is -4.79. The summed E-state index contributed by atoms with van der Waals surface area (Å²) in [6.07, 6.45) is -1.85. The van der Waals surface area contributed by atoms with Gasteiger partial charge in [0.2, 0.25) is 0 Å². The molecule has 0 bridgehead atoms. The Balaban J connectivity index is 0.000001000. The van der Waals surface area contributed by atoms with Crippen molar-refractivity contribution in [3.8, 4) is 0 Å². The minimum atomic E-state index is -4.79. The van der Waals surface area contributed by atoms with Gasteiger partial charge in [0.05, 0.1) is 0 Å². The van der Waals surface area contributed by atoms with Gasteiger partial charge in [-0.2, -0.15) is 0 Å². The summed E-state index contributed by atoms with van der Waals surface area (Å²) in [4.78, 5) is 0. The van der Waals surface area contributed by atoms with Crippen LogP contribution in [0.4, 0.5) is 17.3 Å². The van der Waals surface area contributed by atoms with Crippen LogP contribution in [-0.4, -0.2) is 25.6 Å². The topological polar surface area (TPSA) is 12.0 Å². The zero-order valence-corrected chi connectivity index (χ0v) is 9.28. The summed E-state index contributed by atoms with van der Waals surface area (Å²) in [5.74, 6) is 0. The average Bonchev–Trinajstić information content (AvgIpc) is 2.40. The summed E-state index contributed by atoms with van der Waals surface area (Å²) in [5, 5.41) is 2.07. The maximum atomic E-state index is 11.9. The maximum absolute atomic E-state index is 11.9. The van der Waals surface area contributed by atoms with Crippen LogP contribution in [0.5, 0.6) is 0 Å². The third-order valence-corrected chi connectivity index (χ3v) is 1.32. The SMILES string of the molecule is FC1CC1NC[B-](F)(F)F.[K+]. The van der Waals surface area contributed by atoms with Gasteiger partial charge in [0.1, 0.15) is 6.17 Å². The van der Waals surface area contributed by atoms with Crippen LogP contribution in [0.15, 0.2) is 0 Å². The second-order valence-electron chi connectivity index (χ2n) is 2.48. The van der Waals surface area contributed by atoms with Gasteiger partial charge < -0.3 is 18.3 Å². The van der Waals surface area contributed by atoms with Crippen molar-refractivity contribution < 1.29 is 68.7 Å². The van der Waals surface area contributed by atoms with E-state index in [-0.39, 0.29) is 57.8 Å². The summed E-state index contributed by atoms with van der Waals surface area (Å²) in [6, 6.07) is -0.538. The van der Waals surface area contributed by atoms with Crippen molar-refractivity contribution >= 4 is 6.98 Å². The van der Waals surface area contributed by atoms with Crippen molar-refractivity contribution in [3.63, 3.8) is 0 Å². The van der Waals surface area contributed by atoms with Crippen LogP contribution in [0.3, 0.4) is 0 Å². The van der Waals surface area contributed by atoms with Gasteiger partial charge in [-0.3, -0.25) is 0 Å². The number of nitrogens with one attached hydrogen (secondary N) is 1. The van der Waals surface area contributed by atoms with E-state index in [1.54, 1.807) is 0 Å². The van der Waals surface area contributed by atoms with Gasteiger partial charge in [-0.05, 0) is 12.9 Å². The Bertz CT molecular complexity index is 130. The van der Waals surface area contributed by atoms with E-state index in [2.05, 4.69) is 5.32 Å².